The highest BCUT2D eigenvalue weighted by molar-refractivity contribution is 5.78. The third-order valence-electron chi connectivity index (χ3n) is 4.39. The van der Waals surface area contributed by atoms with Crippen molar-refractivity contribution in [2.24, 2.45) is 0 Å². The molecule has 3 aromatic rings. The normalized spacial score (nSPS) is 18.7. The molecule has 1 atom stereocenters. The van der Waals surface area contributed by atoms with Gasteiger partial charge in [0.15, 0.2) is 5.82 Å². The van der Waals surface area contributed by atoms with Crippen LogP contribution >= 0.6 is 0 Å². The lowest BCUT2D eigenvalue weighted by atomic mass is 10.1. The van der Waals surface area contributed by atoms with Gasteiger partial charge in [-0.1, -0.05) is 23.4 Å². The van der Waals surface area contributed by atoms with E-state index in [1.165, 1.54) is 0 Å². The fourth-order valence-electron chi connectivity index (χ4n) is 3.21. The Balaban J connectivity index is 1.53. The number of H-pyrrole nitrogens is 1. The van der Waals surface area contributed by atoms with Crippen LogP contribution < -0.4 is 5.56 Å². The molecule has 1 aromatic carbocycles. The molecule has 0 unspecified atom stereocenters. The van der Waals surface area contributed by atoms with Crippen LogP contribution in [0.3, 0.4) is 0 Å². The maximum Gasteiger partial charge on any atom is 0.252 e. The first kappa shape index (κ1) is 14.1. The maximum atomic E-state index is 12.3. The van der Waals surface area contributed by atoms with Crippen molar-refractivity contribution in [2.45, 2.75) is 25.8 Å². The quantitative estimate of drug-likeness (QED) is 0.803. The number of benzene rings is 1. The van der Waals surface area contributed by atoms with Gasteiger partial charge < -0.3 is 9.51 Å². The summed E-state index contributed by atoms with van der Waals surface area (Å²) < 4.78 is 5.27. The molecule has 0 radical (unpaired) electrons. The van der Waals surface area contributed by atoms with Gasteiger partial charge in [0.05, 0.1) is 5.92 Å². The van der Waals surface area contributed by atoms with Crippen molar-refractivity contribution >= 4 is 10.9 Å². The highest BCUT2D eigenvalue weighted by Crippen LogP contribution is 2.26. The average molecular weight is 310 g/mol. The molecule has 1 N–H and O–H groups in total. The van der Waals surface area contributed by atoms with Gasteiger partial charge in [-0.25, -0.2) is 0 Å². The largest absolute Gasteiger partial charge is 0.339 e. The highest BCUT2D eigenvalue weighted by atomic mass is 16.5. The van der Waals surface area contributed by atoms with Crippen LogP contribution in [0.5, 0.6) is 0 Å². The fraction of sp³-hybridized carbons (Fsp3) is 0.353. The van der Waals surface area contributed by atoms with E-state index in [-0.39, 0.29) is 11.5 Å². The molecule has 1 fully saturated rings. The van der Waals surface area contributed by atoms with E-state index in [2.05, 4.69) is 20.0 Å². The number of hydrogen-bond donors (Lipinski definition) is 1. The third-order valence-corrected chi connectivity index (χ3v) is 4.39. The molecule has 1 saturated heterocycles. The van der Waals surface area contributed by atoms with E-state index in [1.54, 1.807) is 0 Å². The van der Waals surface area contributed by atoms with Gasteiger partial charge in [0.2, 0.25) is 5.89 Å². The Hall–Kier alpha value is -2.47. The first-order chi connectivity index (χ1) is 11.2. The first-order valence-electron chi connectivity index (χ1n) is 7.82. The van der Waals surface area contributed by atoms with Crippen LogP contribution in [0.15, 0.2) is 39.6 Å². The van der Waals surface area contributed by atoms with Gasteiger partial charge in [0.25, 0.3) is 5.56 Å². The number of aryl methyl sites for hydroxylation is 1. The zero-order chi connectivity index (χ0) is 15.8. The summed E-state index contributed by atoms with van der Waals surface area (Å²) in [5, 5.41) is 4.92. The summed E-state index contributed by atoms with van der Waals surface area (Å²) in [5.41, 5.74) is 1.66. The molecule has 0 spiro atoms. The number of nitrogens with one attached hydrogen (secondary N) is 1. The van der Waals surface area contributed by atoms with Gasteiger partial charge in [-0.05, 0) is 37.4 Å². The molecule has 3 heterocycles. The molecular weight excluding hydrogens is 292 g/mol. The molecule has 118 valence electrons. The zero-order valence-corrected chi connectivity index (χ0v) is 13.0. The minimum atomic E-state index is -0.0132. The minimum absolute atomic E-state index is 0.0132. The topological polar surface area (TPSA) is 75.0 Å². The zero-order valence-electron chi connectivity index (χ0n) is 13.0. The lowest BCUT2D eigenvalue weighted by molar-refractivity contribution is 0.308. The molecule has 2 aromatic heterocycles. The summed E-state index contributed by atoms with van der Waals surface area (Å²) in [6, 6.07) is 9.83. The van der Waals surface area contributed by atoms with Crippen LogP contribution in [-0.2, 0) is 6.54 Å². The number of likely N-dealkylation sites (tertiary alicyclic amines) is 1. The van der Waals surface area contributed by atoms with Crippen LogP contribution in [0.4, 0.5) is 0 Å². The number of pyridine rings is 1. The number of hydrogen-bond acceptors (Lipinski definition) is 5. The SMILES string of the molecule is Cc1noc([C@@H]2CCN(Cc3cc4ccccc4[nH]c3=O)C2)n1. The summed E-state index contributed by atoms with van der Waals surface area (Å²) in [7, 11) is 0. The lowest BCUT2D eigenvalue weighted by Gasteiger charge is -2.15. The number of aromatic nitrogens is 3. The number of fused-ring (bicyclic) bond motifs is 1. The fourth-order valence-corrected chi connectivity index (χ4v) is 3.21. The summed E-state index contributed by atoms with van der Waals surface area (Å²) in [5.74, 6) is 1.64. The summed E-state index contributed by atoms with van der Waals surface area (Å²) in [4.78, 5) is 21.8. The molecule has 0 amide bonds. The number of para-hydroxylation sites is 1. The van der Waals surface area contributed by atoms with Crippen molar-refractivity contribution in [3.8, 4) is 0 Å². The molecule has 1 aliphatic rings. The number of nitrogens with zero attached hydrogens (tertiary/aromatic N) is 3. The van der Waals surface area contributed by atoms with Crippen molar-refractivity contribution in [1.82, 2.24) is 20.0 Å². The van der Waals surface area contributed by atoms with Crippen LogP contribution in [0.2, 0.25) is 0 Å². The monoisotopic (exact) mass is 310 g/mol. The third kappa shape index (κ3) is 2.77. The van der Waals surface area contributed by atoms with E-state index in [0.29, 0.717) is 18.3 Å². The number of rotatable bonds is 3. The van der Waals surface area contributed by atoms with Gasteiger partial charge in [-0.15, -0.1) is 0 Å². The second-order valence-corrected chi connectivity index (χ2v) is 6.11. The van der Waals surface area contributed by atoms with Gasteiger partial charge in [-0.3, -0.25) is 9.69 Å². The Morgan fingerprint density at radius 1 is 1.39 bits per heavy atom. The number of aromatic amines is 1. The molecule has 0 bridgehead atoms. The van der Waals surface area contributed by atoms with Crippen LogP contribution in [0.1, 0.15) is 29.6 Å². The Morgan fingerprint density at radius 3 is 3.09 bits per heavy atom. The Kier molecular flexibility index (Phi) is 3.46. The van der Waals surface area contributed by atoms with E-state index < -0.39 is 0 Å². The lowest BCUT2D eigenvalue weighted by Crippen LogP contribution is -2.24. The summed E-state index contributed by atoms with van der Waals surface area (Å²) in [6.45, 7) is 4.24. The van der Waals surface area contributed by atoms with Gasteiger partial charge in [0, 0.05) is 24.2 Å². The molecule has 0 saturated carbocycles. The van der Waals surface area contributed by atoms with Gasteiger partial charge in [-0.2, -0.15) is 4.98 Å². The highest BCUT2D eigenvalue weighted by Gasteiger charge is 2.28. The summed E-state index contributed by atoms with van der Waals surface area (Å²) in [6.07, 6.45) is 0.979. The molecular formula is C17H18N4O2. The van der Waals surface area contributed by atoms with E-state index in [1.807, 2.05) is 37.3 Å². The average Bonchev–Trinajstić information content (AvgIpc) is 3.17. The predicted octanol–water partition coefficient (Wildman–Crippen LogP) is 2.21. The molecule has 0 aliphatic carbocycles. The Bertz CT molecular complexity index is 899. The maximum absolute atomic E-state index is 12.3. The van der Waals surface area contributed by atoms with Crippen molar-refractivity contribution in [2.75, 3.05) is 13.1 Å². The van der Waals surface area contributed by atoms with Crippen molar-refractivity contribution in [3.05, 3.63) is 58.0 Å². The summed E-state index contributed by atoms with van der Waals surface area (Å²) >= 11 is 0. The van der Waals surface area contributed by atoms with Gasteiger partial charge in [0.1, 0.15) is 0 Å². The molecule has 4 rings (SSSR count). The standard InChI is InChI=1S/C17H18N4O2/c1-11-18-17(23-20-11)13-6-7-21(9-13)10-14-8-12-4-2-3-5-15(12)19-16(14)22/h2-5,8,13H,6-7,9-10H2,1H3,(H,19,22)/t13-/m1/s1. The molecule has 1 aliphatic heterocycles. The Morgan fingerprint density at radius 2 is 2.26 bits per heavy atom. The van der Waals surface area contributed by atoms with Crippen molar-refractivity contribution < 1.29 is 4.52 Å². The van der Waals surface area contributed by atoms with Crippen molar-refractivity contribution in [1.29, 1.82) is 0 Å². The molecule has 6 nitrogen and oxygen atoms in total. The molecule has 6 heteroatoms. The first-order valence-corrected chi connectivity index (χ1v) is 7.82. The van der Waals surface area contributed by atoms with E-state index in [4.69, 9.17) is 4.52 Å². The van der Waals surface area contributed by atoms with E-state index in [9.17, 15) is 4.79 Å². The van der Waals surface area contributed by atoms with Crippen LogP contribution in [0, 0.1) is 6.92 Å². The Labute approximate surface area is 133 Å². The molecule has 23 heavy (non-hydrogen) atoms. The smallest absolute Gasteiger partial charge is 0.252 e. The van der Waals surface area contributed by atoms with E-state index in [0.717, 1.165) is 36.0 Å². The second kappa shape index (κ2) is 5.62. The minimum Gasteiger partial charge on any atom is -0.339 e. The van der Waals surface area contributed by atoms with Crippen molar-refractivity contribution in [3.63, 3.8) is 0 Å². The predicted molar refractivity (Wildman–Crippen MR) is 86.2 cm³/mol. The van der Waals surface area contributed by atoms with Crippen LogP contribution in [-0.4, -0.2) is 33.1 Å². The van der Waals surface area contributed by atoms with Gasteiger partial charge >= 0.3 is 0 Å². The second-order valence-electron chi connectivity index (χ2n) is 6.11. The van der Waals surface area contributed by atoms with E-state index >= 15 is 0 Å². The van der Waals surface area contributed by atoms with Crippen LogP contribution in [0.25, 0.3) is 10.9 Å².